The molecular weight excluding hydrogens is 268 g/mol. The molecule has 0 aromatic carbocycles. The maximum Gasteiger partial charge on any atom is 0.362 e. The topological polar surface area (TPSA) is 119 Å². The molecular formula is C11H18N4O5. The minimum absolute atomic E-state index is 0.0368. The van der Waals surface area contributed by atoms with E-state index in [1.54, 1.807) is 6.92 Å². The van der Waals surface area contributed by atoms with Crippen molar-refractivity contribution in [2.75, 3.05) is 32.2 Å². The van der Waals surface area contributed by atoms with Gasteiger partial charge in [0.25, 0.3) is 0 Å². The first kappa shape index (κ1) is 15.9. The summed E-state index contributed by atoms with van der Waals surface area (Å²) in [5.41, 5.74) is 5.55. The number of carbonyl (C=O) groups is 2. The van der Waals surface area contributed by atoms with Crippen LogP contribution < -0.4 is 5.73 Å². The fourth-order valence-electron chi connectivity index (χ4n) is 1.31. The van der Waals surface area contributed by atoms with Crippen LogP contribution in [0.4, 0.5) is 5.82 Å². The Balaban J connectivity index is 2.52. The van der Waals surface area contributed by atoms with Crippen molar-refractivity contribution in [3.05, 3.63) is 5.69 Å². The Morgan fingerprint density at radius 2 is 1.95 bits per heavy atom. The molecule has 0 bridgehead atoms. The van der Waals surface area contributed by atoms with Gasteiger partial charge in [0.05, 0.1) is 13.2 Å². The Kier molecular flexibility index (Phi) is 6.44. The summed E-state index contributed by atoms with van der Waals surface area (Å²) in [4.78, 5) is 23.0. The Morgan fingerprint density at radius 1 is 1.20 bits per heavy atom. The van der Waals surface area contributed by atoms with Crippen molar-refractivity contribution in [1.82, 2.24) is 15.0 Å². The minimum Gasteiger partial charge on any atom is -0.462 e. The molecule has 20 heavy (non-hydrogen) atoms. The van der Waals surface area contributed by atoms with E-state index in [2.05, 4.69) is 10.3 Å². The highest BCUT2D eigenvalue weighted by atomic mass is 16.6. The van der Waals surface area contributed by atoms with Crippen LogP contribution in [0.2, 0.25) is 0 Å². The molecule has 0 amide bonds. The van der Waals surface area contributed by atoms with Gasteiger partial charge in [0, 0.05) is 6.61 Å². The van der Waals surface area contributed by atoms with E-state index < -0.39 is 11.9 Å². The van der Waals surface area contributed by atoms with Gasteiger partial charge in [-0.05, 0) is 13.8 Å². The summed E-state index contributed by atoms with van der Waals surface area (Å²) >= 11 is 0. The maximum absolute atomic E-state index is 11.5. The predicted octanol–water partition coefficient (Wildman–Crippen LogP) is -0.383. The lowest BCUT2D eigenvalue weighted by Gasteiger charge is -2.05. The standard InChI is InChI=1S/C11H18N4O5/c1-3-18-5-6-20-8(16)7-15-10(12)9(13-14-15)11(17)19-4-2/h3-7,12H2,1-2H3. The average molecular weight is 286 g/mol. The Morgan fingerprint density at radius 3 is 2.60 bits per heavy atom. The first-order valence-electron chi connectivity index (χ1n) is 6.19. The number of nitrogens with zero attached hydrogens (tertiary/aromatic N) is 3. The van der Waals surface area contributed by atoms with E-state index in [0.29, 0.717) is 13.2 Å². The number of hydrogen-bond donors (Lipinski definition) is 1. The molecule has 1 heterocycles. The fourth-order valence-corrected chi connectivity index (χ4v) is 1.31. The summed E-state index contributed by atoms with van der Waals surface area (Å²) in [6.45, 7) is 4.49. The summed E-state index contributed by atoms with van der Waals surface area (Å²) in [7, 11) is 0. The van der Waals surface area contributed by atoms with E-state index in [4.69, 9.17) is 19.9 Å². The van der Waals surface area contributed by atoms with Crippen molar-refractivity contribution in [3.8, 4) is 0 Å². The van der Waals surface area contributed by atoms with Crippen LogP contribution in [0.25, 0.3) is 0 Å². The summed E-state index contributed by atoms with van der Waals surface area (Å²) in [5, 5.41) is 7.19. The summed E-state index contributed by atoms with van der Waals surface area (Å²) in [6.07, 6.45) is 0. The molecule has 0 aliphatic rings. The highest BCUT2D eigenvalue weighted by molar-refractivity contribution is 5.92. The van der Waals surface area contributed by atoms with Crippen molar-refractivity contribution in [2.45, 2.75) is 20.4 Å². The van der Waals surface area contributed by atoms with Crippen LogP contribution in [0.3, 0.4) is 0 Å². The van der Waals surface area contributed by atoms with Crippen LogP contribution in [0, 0.1) is 0 Å². The smallest absolute Gasteiger partial charge is 0.362 e. The van der Waals surface area contributed by atoms with Crippen molar-refractivity contribution >= 4 is 17.8 Å². The molecule has 0 saturated heterocycles. The normalized spacial score (nSPS) is 10.3. The highest BCUT2D eigenvalue weighted by Gasteiger charge is 2.20. The molecule has 0 spiro atoms. The van der Waals surface area contributed by atoms with E-state index in [1.165, 1.54) is 0 Å². The van der Waals surface area contributed by atoms with Crippen molar-refractivity contribution in [3.63, 3.8) is 0 Å². The summed E-state index contributed by atoms with van der Waals surface area (Å²) in [6, 6.07) is 0. The third kappa shape index (κ3) is 4.50. The van der Waals surface area contributed by atoms with Gasteiger partial charge >= 0.3 is 11.9 Å². The largest absolute Gasteiger partial charge is 0.462 e. The molecule has 0 atom stereocenters. The summed E-state index contributed by atoms with van der Waals surface area (Å²) < 4.78 is 15.7. The highest BCUT2D eigenvalue weighted by Crippen LogP contribution is 2.09. The first-order chi connectivity index (χ1) is 9.60. The zero-order valence-corrected chi connectivity index (χ0v) is 11.5. The molecule has 0 aliphatic carbocycles. The van der Waals surface area contributed by atoms with E-state index in [-0.39, 0.29) is 31.3 Å². The van der Waals surface area contributed by atoms with Gasteiger partial charge in [0.1, 0.15) is 13.2 Å². The summed E-state index contributed by atoms with van der Waals surface area (Å²) in [5.74, 6) is -1.26. The number of carbonyl (C=O) groups excluding carboxylic acids is 2. The number of hydrogen-bond acceptors (Lipinski definition) is 8. The van der Waals surface area contributed by atoms with Crippen LogP contribution in [0.5, 0.6) is 0 Å². The molecule has 9 heteroatoms. The zero-order chi connectivity index (χ0) is 15.0. The lowest BCUT2D eigenvalue weighted by molar-refractivity contribution is -0.146. The molecule has 1 rings (SSSR count). The van der Waals surface area contributed by atoms with Crippen LogP contribution in [-0.2, 0) is 25.5 Å². The number of aromatic nitrogens is 3. The average Bonchev–Trinajstić information content (AvgIpc) is 2.77. The van der Waals surface area contributed by atoms with Gasteiger partial charge in [-0.15, -0.1) is 5.10 Å². The number of nitrogens with two attached hydrogens (primary N) is 1. The number of nitrogen functional groups attached to an aromatic ring is 1. The molecule has 1 aromatic rings. The molecule has 0 unspecified atom stereocenters. The maximum atomic E-state index is 11.5. The molecule has 2 N–H and O–H groups in total. The van der Waals surface area contributed by atoms with Crippen LogP contribution in [-0.4, -0.2) is 53.4 Å². The lowest BCUT2D eigenvalue weighted by Crippen LogP contribution is -2.19. The van der Waals surface area contributed by atoms with Crippen molar-refractivity contribution in [2.24, 2.45) is 0 Å². The van der Waals surface area contributed by atoms with Crippen LogP contribution in [0.15, 0.2) is 0 Å². The number of rotatable bonds is 8. The zero-order valence-electron chi connectivity index (χ0n) is 11.5. The molecule has 112 valence electrons. The van der Waals surface area contributed by atoms with Crippen LogP contribution in [0.1, 0.15) is 24.3 Å². The van der Waals surface area contributed by atoms with E-state index in [0.717, 1.165) is 4.68 Å². The van der Waals surface area contributed by atoms with Crippen molar-refractivity contribution in [1.29, 1.82) is 0 Å². The van der Waals surface area contributed by atoms with Gasteiger partial charge in [-0.1, -0.05) is 5.21 Å². The van der Waals surface area contributed by atoms with Gasteiger partial charge in [-0.3, -0.25) is 4.79 Å². The molecule has 0 aliphatic heterocycles. The third-order valence-corrected chi connectivity index (χ3v) is 2.22. The van der Waals surface area contributed by atoms with Gasteiger partial charge in [0.15, 0.2) is 5.82 Å². The Labute approximate surface area is 116 Å². The quantitative estimate of drug-likeness (QED) is 0.507. The van der Waals surface area contributed by atoms with E-state index in [1.807, 2.05) is 6.92 Å². The second-order valence-corrected chi connectivity index (χ2v) is 3.62. The second kappa shape index (κ2) is 8.10. The van der Waals surface area contributed by atoms with Gasteiger partial charge in [-0.2, -0.15) is 0 Å². The fraction of sp³-hybridized carbons (Fsp3) is 0.636. The van der Waals surface area contributed by atoms with E-state index in [9.17, 15) is 9.59 Å². The lowest BCUT2D eigenvalue weighted by atomic mass is 10.4. The number of anilines is 1. The van der Waals surface area contributed by atoms with Gasteiger partial charge < -0.3 is 19.9 Å². The minimum atomic E-state index is -0.680. The van der Waals surface area contributed by atoms with Gasteiger partial charge in [0.2, 0.25) is 5.69 Å². The van der Waals surface area contributed by atoms with Gasteiger partial charge in [-0.25, -0.2) is 9.48 Å². The molecule has 1 aromatic heterocycles. The van der Waals surface area contributed by atoms with Crippen LogP contribution >= 0.6 is 0 Å². The Bertz CT molecular complexity index is 460. The molecule has 0 radical (unpaired) electrons. The van der Waals surface area contributed by atoms with Crippen molar-refractivity contribution < 1.29 is 23.8 Å². The molecule has 9 nitrogen and oxygen atoms in total. The number of esters is 2. The second-order valence-electron chi connectivity index (χ2n) is 3.62. The predicted molar refractivity (Wildman–Crippen MR) is 67.8 cm³/mol. The third-order valence-electron chi connectivity index (χ3n) is 2.22. The first-order valence-corrected chi connectivity index (χ1v) is 6.19. The molecule has 0 fully saturated rings. The Hall–Kier alpha value is -2.16. The van der Waals surface area contributed by atoms with E-state index >= 15 is 0 Å². The number of ether oxygens (including phenoxy) is 3. The molecule has 0 saturated carbocycles. The monoisotopic (exact) mass is 286 g/mol. The SMILES string of the molecule is CCOCCOC(=O)Cn1nnc(C(=O)OCC)c1N.